The second-order valence-electron chi connectivity index (χ2n) is 9.57. The number of ether oxygens (including phenoxy) is 2. The van der Waals surface area contributed by atoms with Crippen LogP contribution in [0.25, 0.3) is 10.9 Å². The first kappa shape index (κ1) is 30.9. The minimum atomic E-state index is -4.29. The molecule has 2 aromatic carbocycles. The number of nitrogens with one attached hydrogen (secondary N) is 2. The molecule has 0 fully saturated rings. The highest BCUT2D eigenvalue weighted by Crippen LogP contribution is 2.30. The van der Waals surface area contributed by atoms with E-state index in [2.05, 4.69) is 16.6 Å². The zero-order valence-corrected chi connectivity index (χ0v) is 25.0. The fourth-order valence-corrected chi connectivity index (χ4v) is 6.28. The van der Waals surface area contributed by atoms with Crippen LogP contribution < -0.4 is 15.0 Å². The number of hydrogen-bond acceptors (Lipinski definition) is 8. The molecule has 42 heavy (non-hydrogen) atoms. The van der Waals surface area contributed by atoms with Crippen LogP contribution in [-0.4, -0.2) is 50.4 Å². The highest BCUT2D eigenvalue weighted by atomic mass is 32.2. The number of thiophene rings is 1. The molecule has 0 saturated carbocycles. The molecule has 2 aromatic heterocycles. The summed E-state index contributed by atoms with van der Waals surface area (Å²) in [6, 6.07) is 16.1. The number of para-hydroxylation sites is 1. The van der Waals surface area contributed by atoms with E-state index in [0.29, 0.717) is 28.8 Å². The number of fused-ring (bicyclic) bond motifs is 1. The van der Waals surface area contributed by atoms with Crippen molar-refractivity contribution in [2.24, 2.45) is 0 Å². The zero-order chi connectivity index (χ0) is 30.1. The van der Waals surface area contributed by atoms with Crippen LogP contribution in [0.15, 0.2) is 81.8 Å². The molecule has 1 atom stereocenters. The number of pyridine rings is 1. The van der Waals surface area contributed by atoms with Crippen LogP contribution in [-0.2, 0) is 30.9 Å². The Hall–Kier alpha value is -4.00. The summed E-state index contributed by atoms with van der Waals surface area (Å²) in [6.07, 6.45) is 2.75. The maximum atomic E-state index is 14.2. The fraction of sp³-hybridized carbons (Fsp3) is 0.300. The van der Waals surface area contributed by atoms with Crippen molar-refractivity contribution in [3.8, 4) is 5.75 Å². The predicted molar refractivity (Wildman–Crippen MR) is 161 cm³/mol. The molecule has 0 aliphatic carbocycles. The Morgan fingerprint density at radius 1 is 1.05 bits per heavy atom. The lowest BCUT2D eigenvalue weighted by Gasteiger charge is -2.28. The quantitative estimate of drug-likeness (QED) is 0.160. The summed E-state index contributed by atoms with van der Waals surface area (Å²) in [6.45, 7) is 2.16. The first-order chi connectivity index (χ1) is 20.2. The molecular formula is C30H33N3O7S2. The van der Waals surface area contributed by atoms with Gasteiger partial charge in [-0.2, -0.15) is 4.72 Å². The fourth-order valence-electron chi connectivity index (χ4n) is 4.36. The van der Waals surface area contributed by atoms with Gasteiger partial charge in [-0.1, -0.05) is 44.0 Å². The standard InChI is InChI=1S/C30H33N3O7S2/c1-3-4-7-16-40-26-11-6-5-10-24(26)29(30(36)33(20-28(35)39-2)19-22-9-8-17-41-22)32-42(37,38)23-13-14-25-21(18-23)12-15-27(34)31-25/h5-6,8-15,17-18,29,32H,3-4,7,16,19-20H2,1-2H3,(H,31,34)/t29-/m1/s1. The maximum Gasteiger partial charge on any atom is 0.325 e. The van der Waals surface area contributed by atoms with Gasteiger partial charge >= 0.3 is 5.97 Å². The summed E-state index contributed by atoms with van der Waals surface area (Å²) in [5.74, 6) is -0.930. The lowest BCUT2D eigenvalue weighted by atomic mass is 10.0. The minimum absolute atomic E-state index is 0.0761. The molecule has 4 aromatic rings. The molecule has 10 nitrogen and oxygen atoms in total. The van der Waals surface area contributed by atoms with Crippen LogP contribution >= 0.6 is 11.3 Å². The first-order valence-corrected chi connectivity index (χ1v) is 15.8. The molecule has 1 amide bonds. The summed E-state index contributed by atoms with van der Waals surface area (Å²) < 4.78 is 41.0. The van der Waals surface area contributed by atoms with E-state index in [1.54, 1.807) is 24.3 Å². The SMILES string of the molecule is CCCCCOc1ccccc1[C@@H](NS(=O)(=O)c1ccc2[nH]c(=O)ccc2c1)C(=O)N(CC(=O)OC)Cc1cccs1. The van der Waals surface area contributed by atoms with Gasteiger partial charge in [-0.05, 0) is 53.6 Å². The van der Waals surface area contributed by atoms with Gasteiger partial charge in [-0.15, -0.1) is 11.3 Å². The molecule has 0 unspecified atom stereocenters. The molecule has 0 bridgehead atoms. The van der Waals surface area contributed by atoms with E-state index < -0.39 is 27.9 Å². The number of H-pyrrole nitrogens is 1. The van der Waals surface area contributed by atoms with Gasteiger partial charge in [-0.3, -0.25) is 14.4 Å². The van der Waals surface area contributed by atoms with Gasteiger partial charge in [0, 0.05) is 22.0 Å². The number of aromatic amines is 1. The lowest BCUT2D eigenvalue weighted by molar-refractivity contribution is -0.148. The average Bonchev–Trinajstić information content (AvgIpc) is 3.50. The summed E-state index contributed by atoms with van der Waals surface area (Å²) >= 11 is 1.41. The van der Waals surface area contributed by atoms with Crippen LogP contribution in [0, 0.1) is 0 Å². The minimum Gasteiger partial charge on any atom is -0.493 e. The molecule has 222 valence electrons. The van der Waals surface area contributed by atoms with E-state index in [4.69, 9.17) is 9.47 Å². The average molecular weight is 612 g/mol. The van der Waals surface area contributed by atoms with Crippen molar-refractivity contribution in [2.75, 3.05) is 20.3 Å². The number of sulfonamides is 1. The molecule has 0 aliphatic rings. The van der Waals surface area contributed by atoms with Crippen molar-refractivity contribution in [1.29, 1.82) is 0 Å². The Morgan fingerprint density at radius 2 is 1.86 bits per heavy atom. The van der Waals surface area contributed by atoms with Crippen LogP contribution in [0.1, 0.15) is 42.7 Å². The van der Waals surface area contributed by atoms with E-state index in [9.17, 15) is 22.8 Å². The van der Waals surface area contributed by atoms with Crippen molar-refractivity contribution < 1.29 is 27.5 Å². The molecule has 0 spiro atoms. The van der Waals surface area contributed by atoms with Gasteiger partial charge in [-0.25, -0.2) is 8.42 Å². The second kappa shape index (κ2) is 14.3. The Bertz CT molecular complexity index is 1680. The van der Waals surface area contributed by atoms with Gasteiger partial charge in [0.1, 0.15) is 18.3 Å². The molecule has 4 rings (SSSR count). The van der Waals surface area contributed by atoms with E-state index in [0.717, 1.165) is 24.1 Å². The van der Waals surface area contributed by atoms with Gasteiger partial charge in [0.25, 0.3) is 0 Å². The van der Waals surface area contributed by atoms with Crippen molar-refractivity contribution in [3.63, 3.8) is 0 Å². The van der Waals surface area contributed by atoms with Gasteiger partial charge in [0.15, 0.2) is 0 Å². The number of benzene rings is 2. The van der Waals surface area contributed by atoms with Crippen LogP contribution in [0.4, 0.5) is 0 Å². The van der Waals surface area contributed by atoms with Crippen molar-refractivity contribution >= 4 is 44.1 Å². The Balaban J connectivity index is 1.75. The molecule has 2 N–H and O–H groups in total. The number of rotatable bonds is 14. The number of carbonyl (C=O) groups excluding carboxylic acids is 2. The molecule has 0 radical (unpaired) electrons. The third-order valence-electron chi connectivity index (χ3n) is 6.55. The molecule has 0 saturated heterocycles. The smallest absolute Gasteiger partial charge is 0.325 e. The van der Waals surface area contributed by atoms with Crippen LogP contribution in [0.3, 0.4) is 0 Å². The summed E-state index contributed by atoms with van der Waals surface area (Å²) in [5.41, 5.74) is 0.475. The monoisotopic (exact) mass is 611 g/mol. The maximum absolute atomic E-state index is 14.2. The summed E-state index contributed by atoms with van der Waals surface area (Å²) in [4.78, 5) is 42.9. The number of nitrogens with zero attached hydrogens (tertiary/aromatic N) is 1. The molecule has 12 heteroatoms. The van der Waals surface area contributed by atoms with Gasteiger partial charge in [0.05, 0.1) is 25.2 Å². The number of carbonyl (C=O) groups is 2. The summed E-state index contributed by atoms with van der Waals surface area (Å²) in [7, 11) is -3.06. The largest absolute Gasteiger partial charge is 0.493 e. The Morgan fingerprint density at radius 3 is 2.60 bits per heavy atom. The Kier molecular flexibility index (Phi) is 10.5. The third kappa shape index (κ3) is 7.84. The molecule has 2 heterocycles. The van der Waals surface area contributed by atoms with Gasteiger partial charge < -0.3 is 19.4 Å². The normalized spacial score (nSPS) is 12.1. The van der Waals surface area contributed by atoms with Crippen molar-refractivity contribution in [2.45, 2.75) is 43.7 Å². The third-order valence-corrected chi connectivity index (χ3v) is 8.83. The van der Waals surface area contributed by atoms with E-state index in [1.165, 1.54) is 53.7 Å². The highest BCUT2D eigenvalue weighted by molar-refractivity contribution is 7.89. The lowest BCUT2D eigenvalue weighted by Crippen LogP contribution is -2.44. The number of esters is 1. The van der Waals surface area contributed by atoms with E-state index >= 15 is 0 Å². The number of methoxy groups -OCH3 is 1. The summed E-state index contributed by atoms with van der Waals surface area (Å²) in [5, 5.41) is 2.35. The number of amides is 1. The number of unbranched alkanes of at least 4 members (excludes halogenated alkanes) is 2. The Labute approximate surface area is 248 Å². The van der Waals surface area contributed by atoms with Crippen molar-refractivity contribution in [1.82, 2.24) is 14.6 Å². The first-order valence-electron chi connectivity index (χ1n) is 13.5. The topological polar surface area (TPSA) is 135 Å². The van der Waals surface area contributed by atoms with Crippen LogP contribution in [0.2, 0.25) is 0 Å². The van der Waals surface area contributed by atoms with E-state index in [1.807, 2.05) is 17.5 Å². The van der Waals surface area contributed by atoms with Gasteiger partial charge in [0.2, 0.25) is 21.5 Å². The van der Waals surface area contributed by atoms with Crippen LogP contribution in [0.5, 0.6) is 5.75 Å². The molecule has 0 aliphatic heterocycles. The predicted octanol–water partition coefficient (Wildman–Crippen LogP) is 4.38. The number of hydrogen-bond donors (Lipinski definition) is 2. The molecular weight excluding hydrogens is 578 g/mol. The van der Waals surface area contributed by atoms with E-state index in [-0.39, 0.29) is 23.5 Å². The second-order valence-corrected chi connectivity index (χ2v) is 12.3. The zero-order valence-electron chi connectivity index (χ0n) is 23.4. The number of aromatic nitrogens is 1. The highest BCUT2D eigenvalue weighted by Gasteiger charge is 2.34. The van der Waals surface area contributed by atoms with Crippen molar-refractivity contribution in [3.05, 3.63) is 92.9 Å².